The molecule has 0 fully saturated rings. The lowest BCUT2D eigenvalue weighted by atomic mass is 10.1. The summed E-state index contributed by atoms with van der Waals surface area (Å²) >= 11 is 0. The topological polar surface area (TPSA) is 206 Å². The average molecular weight is 1030 g/mol. The maximum Gasteiger partial charge on any atom is 0.159 e. The van der Waals surface area contributed by atoms with E-state index in [0.29, 0.717) is 0 Å². The zero-order chi connectivity index (χ0) is 54.6. The molecule has 0 aliphatic heterocycles. The van der Waals surface area contributed by atoms with E-state index in [1.165, 1.54) is 11.1 Å². The van der Waals surface area contributed by atoms with Crippen molar-refractivity contribution >= 4 is 0 Å². The fourth-order valence-electron chi connectivity index (χ4n) is 6.96. The summed E-state index contributed by atoms with van der Waals surface area (Å²) < 4.78 is 0. The van der Waals surface area contributed by atoms with Crippen LogP contribution in [0.25, 0.3) is 67.5 Å². The van der Waals surface area contributed by atoms with Crippen molar-refractivity contribution in [3.05, 3.63) is 267 Å². The Balaban J connectivity index is 0.000000136. The van der Waals surface area contributed by atoms with E-state index in [4.69, 9.17) is 0 Å². The van der Waals surface area contributed by atoms with E-state index < -0.39 is 0 Å². The van der Waals surface area contributed by atoms with Gasteiger partial charge in [-0.1, -0.05) is 0 Å². The number of aryl methyl sites for hydroxylation is 6. The summed E-state index contributed by atoms with van der Waals surface area (Å²) in [4.78, 5) is 65.6. The number of rotatable bonds is 6. The van der Waals surface area contributed by atoms with Crippen molar-refractivity contribution < 1.29 is 0 Å². The first-order valence-corrected chi connectivity index (χ1v) is 24.6. The van der Waals surface area contributed by atoms with Crippen molar-refractivity contribution in [2.24, 2.45) is 0 Å². The minimum absolute atomic E-state index is 0.752. The third-order valence-corrected chi connectivity index (χ3v) is 10.8. The fourth-order valence-corrected chi connectivity index (χ4v) is 6.96. The third kappa shape index (κ3) is 18.5. The van der Waals surface area contributed by atoms with Crippen LogP contribution in [0.3, 0.4) is 0 Å². The summed E-state index contributed by atoms with van der Waals surface area (Å²) in [5.41, 5.74) is 16.6. The standard InChI is InChI=1S/2C11H10N2.4C10H9N3/c1-9-2-7-13-11(8-9)10-3-5-12-6-4-10;1-9-6-11(8-13-7-9)10-2-4-12-5-3-10;1-8-2-7-12-10(13-8)9-3-5-11-6-4-9;1-8-12-7-4-10(13-8)9-2-5-11-6-3-9;1-8-6-12-7-10(13-8)9-2-4-11-5-3-9;1-8-6-10(13-7-12-8)9-2-4-11-5-3-9/h2*2-8H,1H3;4*2-7H,1H3. The van der Waals surface area contributed by atoms with E-state index in [2.05, 4.69) is 98.8 Å². The van der Waals surface area contributed by atoms with Gasteiger partial charge in [-0.05, 0) is 167 Å². The Bertz CT molecular complexity index is 3010. The predicted octanol–water partition coefficient (Wildman–Crippen LogP) is 12.3. The van der Waals surface area contributed by atoms with E-state index in [0.717, 1.165) is 90.5 Å². The Morgan fingerprint density at radius 2 is 0.731 bits per heavy atom. The van der Waals surface area contributed by atoms with Gasteiger partial charge in [-0.15, -0.1) is 0 Å². The SMILES string of the molecule is Cc1cc(-c2ccncc2)ncn1.Cc1ccnc(-c2ccncc2)c1.Cc1ccnc(-c2ccncc2)n1.Cc1cncc(-c2ccncc2)c1.Cc1cncc(-c2ccncc2)n1.Cc1nccc(-c2ccncc2)n1. The van der Waals surface area contributed by atoms with Crippen molar-refractivity contribution in [2.75, 3.05) is 0 Å². The maximum absolute atomic E-state index is 4.35. The summed E-state index contributed by atoms with van der Waals surface area (Å²) in [6.45, 7) is 11.8. The van der Waals surface area contributed by atoms with Gasteiger partial charge in [-0.3, -0.25) is 44.9 Å². The highest BCUT2D eigenvalue weighted by atomic mass is 14.9. The first-order chi connectivity index (χ1) is 38.2. The van der Waals surface area contributed by atoms with Gasteiger partial charge in [0, 0.05) is 156 Å². The number of nitrogens with zero attached hydrogens (tertiary/aromatic N) is 16. The Hall–Kier alpha value is -10.5. The molecule has 0 saturated carbocycles. The van der Waals surface area contributed by atoms with Gasteiger partial charge in [0.1, 0.15) is 12.2 Å². The van der Waals surface area contributed by atoms with Crippen LogP contribution in [0.5, 0.6) is 0 Å². The molecule has 12 aromatic heterocycles. The van der Waals surface area contributed by atoms with Crippen LogP contribution in [0.15, 0.2) is 233 Å². The molecule has 12 aromatic rings. The molecule has 16 heteroatoms. The Morgan fingerprint density at radius 3 is 1.24 bits per heavy atom. The smallest absolute Gasteiger partial charge is 0.159 e. The lowest BCUT2D eigenvalue weighted by molar-refractivity contribution is 1.06. The molecule has 0 saturated heterocycles. The molecule has 16 nitrogen and oxygen atoms in total. The van der Waals surface area contributed by atoms with E-state index in [1.807, 2.05) is 150 Å². The van der Waals surface area contributed by atoms with E-state index in [1.54, 1.807) is 105 Å². The van der Waals surface area contributed by atoms with Crippen LogP contribution in [0.4, 0.5) is 0 Å². The first kappa shape index (κ1) is 55.3. The van der Waals surface area contributed by atoms with Crippen molar-refractivity contribution in [2.45, 2.75) is 41.5 Å². The molecule has 0 radical (unpaired) electrons. The molecule has 12 rings (SSSR count). The summed E-state index contributed by atoms with van der Waals surface area (Å²) in [5.74, 6) is 1.54. The number of hydrogen-bond acceptors (Lipinski definition) is 16. The third-order valence-electron chi connectivity index (χ3n) is 10.8. The lowest BCUT2D eigenvalue weighted by Crippen LogP contribution is -1.90. The normalized spacial score (nSPS) is 9.92. The molecular weight excluding hydrogens is 969 g/mol. The second-order valence-corrected chi connectivity index (χ2v) is 17.0. The maximum atomic E-state index is 4.35. The highest BCUT2D eigenvalue weighted by Gasteiger charge is 2.02. The van der Waals surface area contributed by atoms with Crippen molar-refractivity contribution in [1.29, 1.82) is 0 Å². The highest BCUT2D eigenvalue weighted by molar-refractivity contribution is 5.63. The van der Waals surface area contributed by atoms with Gasteiger partial charge in [0.05, 0.1) is 34.7 Å². The lowest BCUT2D eigenvalue weighted by Gasteiger charge is -2.00. The zero-order valence-electron chi connectivity index (χ0n) is 44.1. The van der Waals surface area contributed by atoms with E-state index in [9.17, 15) is 0 Å². The van der Waals surface area contributed by atoms with Crippen molar-refractivity contribution in [1.82, 2.24) is 79.7 Å². The Morgan fingerprint density at radius 1 is 0.244 bits per heavy atom. The molecule has 0 aliphatic carbocycles. The van der Waals surface area contributed by atoms with Gasteiger partial charge in [0.15, 0.2) is 5.82 Å². The average Bonchev–Trinajstić information content (AvgIpc) is 3.49. The van der Waals surface area contributed by atoms with Gasteiger partial charge < -0.3 is 0 Å². The largest absolute Gasteiger partial charge is 0.265 e. The molecule has 78 heavy (non-hydrogen) atoms. The summed E-state index contributed by atoms with van der Waals surface area (Å²) in [5, 5.41) is 0. The fraction of sp³-hybridized carbons (Fsp3) is 0.0968. The minimum atomic E-state index is 0.752. The van der Waals surface area contributed by atoms with Crippen LogP contribution in [0, 0.1) is 41.5 Å². The van der Waals surface area contributed by atoms with Gasteiger partial charge in [-0.25, -0.2) is 34.9 Å². The van der Waals surface area contributed by atoms with Crippen molar-refractivity contribution in [3.63, 3.8) is 0 Å². The molecule has 0 aromatic carbocycles. The number of aromatic nitrogens is 16. The van der Waals surface area contributed by atoms with Gasteiger partial charge in [0.25, 0.3) is 0 Å². The predicted molar refractivity (Wildman–Crippen MR) is 304 cm³/mol. The second kappa shape index (κ2) is 30.0. The summed E-state index contributed by atoms with van der Waals surface area (Å²) in [6, 6.07) is 35.1. The summed E-state index contributed by atoms with van der Waals surface area (Å²) in [7, 11) is 0. The molecule has 0 N–H and O–H groups in total. The quantitative estimate of drug-likeness (QED) is 0.152. The molecule has 384 valence electrons. The molecule has 0 atom stereocenters. The molecule has 0 bridgehead atoms. The Kier molecular flexibility index (Phi) is 21.3. The first-order valence-electron chi connectivity index (χ1n) is 24.6. The van der Waals surface area contributed by atoms with Crippen LogP contribution in [-0.4, -0.2) is 79.7 Å². The molecule has 0 unspecified atom stereocenters. The van der Waals surface area contributed by atoms with E-state index >= 15 is 0 Å². The number of hydrogen-bond donors (Lipinski definition) is 0. The molecule has 0 amide bonds. The second-order valence-electron chi connectivity index (χ2n) is 17.0. The van der Waals surface area contributed by atoms with Gasteiger partial charge >= 0.3 is 0 Å². The minimum Gasteiger partial charge on any atom is -0.265 e. The molecule has 0 spiro atoms. The number of pyridine rings is 8. The van der Waals surface area contributed by atoms with Crippen molar-refractivity contribution in [3.8, 4) is 67.5 Å². The monoisotopic (exact) mass is 1020 g/mol. The molecule has 0 aliphatic rings. The van der Waals surface area contributed by atoms with E-state index in [-0.39, 0.29) is 0 Å². The van der Waals surface area contributed by atoms with Crippen LogP contribution < -0.4 is 0 Å². The van der Waals surface area contributed by atoms with Gasteiger partial charge in [-0.2, -0.15) is 0 Å². The van der Waals surface area contributed by atoms with Gasteiger partial charge in [0.2, 0.25) is 0 Å². The highest BCUT2D eigenvalue weighted by Crippen LogP contribution is 2.20. The van der Waals surface area contributed by atoms with Crippen LogP contribution in [0.1, 0.15) is 34.0 Å². The Labute approximate surface area is 454 Å². The summed E-state index contributed by atoms with van der Waals surface area (Å²) in [6.07, 6.45) is 35.3. The van der Waals surface area contributed by atoms with Crippen LogP contribution in [0.2, 0.25) is 0 Å². The van der Waals surface area contributed by atoms with Crippen LogP contribution >= 0.6 is 0 Å². The molecular formula is C62H56N16. The van der Waals surface area contributed by atoms with Crippen LogP contribution in [-0.2, 0) is 0 Å². The zero-order valence-corrected chi connectivity index (χ0v) is 44.1. The molecule has 12 heterocycles.